The molecule has 0 radical (unpaired) electrons. The van der Waals surface area contributed by atoms with E-state index in [0.717, 1.165) is 17.0 Å². The molecule has 1 aromatic carbocycles. The lowest BCUT2D eigenvalue weighted by atomic mass is 10.2. The molecule has 0 spiro atoms. The van der Waals surface area contributed by atoms with Crippen molar-refractivity contribution in [3.63, 3.8) is 0 Å². The van der Waals surface area contributed by atoms with Crippen LogP contribution in [0, 0.1) is 0 Å². The summed E-state index contributed by atoms with van der Waals surface area (Å²) in [5.74, 6) is 3.52. The summed E-state index contributed by atoms with van der Waals surface area (Å²) in [4.78, 5) is 0. The van der Waals surface area contributed by atoms with Crippen molar-refractivity contribution in [2.24, 2.45) is 5.10 Å². The number of nitrogens with zero attached hydrogens (tertiary/aromatic N) is 3. The van der Waals surface area contributed by atoms with Crippen molar-refractivity contribution in [1.29, 1.82) is 0 Å². The first-order valence-corrected chi connectivity index (χ1v) is 9.86. The Kier molecular flexibility index (Phi) is 7.15. The average molecular weight is 377 g/mol. The predicted molar refractivity (Wildman–Crippen MR) is 101 cm³/mol. The highest BCUT2D eigenvalue weighted by molar-refractivity contribution is 7.85. The van der Waals surface area contributed by atoms with Crippen molar-refractivity contribution in [2.75, 3.05) is 31.5 Å². The molecular weight excluding hydrogens is 354 g/mol. The van der Waals surface area contributed by atoms with Crippen LogP contribution in [-0.2, 0) is 10.1 Å². The molecule has 1 aromatic rings. The summed E-state index contributed by atoms with van der Waals surface area (Å²) in [6, 6.07) is 7.58. The van der Waals surface area contributed by atoms with Crippen LogP contribution in [-0.4, -0.2) is 56.1 Å². The normalized spacial score (nSPS) is 13.8. The number of ether oxygens (including phenoxy) is 1. The van der Waals surface area contributed by atoms with Gasteiger partial charge in [-0.3, -0.25) is 5.01 Å². The van der Waals surface area contributed by atoms with Crippen molar-refractivity contribution in [3.05, 3.63) is 42.1 Å². The zero-order valence-electron chi connectivity index (χ0n) is 15.0. The molecule has 0 fully saturated rings. The molecule has 0 atom stereocenters. The summed E-state index contributed by atoms with van der Waals surface area (Å²) in [7, 11) is -0.637. The Balaban J connectivity index is 1.86. The van der Waals surface area contributed by atoms with E-state index in [4.69, 9.17) is 4.74 Å². The number of anilines is 1. The van der Waals surface area contributed by atoms with Gasteiger partial charge in [0.1, 0.15) is 18.5 Å². The molecule has 2 rings (SSSR count). The third-order valence-corrected chi connectivity index (χ3v) is 4.65. The molecule has 0 bridgehead atoms. The summed E-state index contributed by atoms with van der Waals surface area (Å²) in [5, 5.41) is 6.05. The van der Waals surface area contributed by atoms with Gasteiger partial charge in [0.05, 0.1) is 29.3 Å². The minimum atomic E-state index is -4.11. The molecule has 0 unspecified atom stereocenters. The quantitative estimate of drug-likeness (QED) is 0.227. The first-order chi connectivity index (χ1) is 12.4. The van der Waals surface area contributed by atoms with Crippen molar-refractivity contribution < 1.29 is 22.3 Å². The monoisotopic (exact) mass is 377 g/mol. The number of benzene rings is 1. The Morgan fingerprint density at radius 3 is 2.62 bits per heavy atom. The topological polar surface area (TPSA) is 85.0 Å². The number of hydrogen-bond acceptors (Lipinski definition) is 6. The highest BCUT2D eigenvalue weighted by Gasteiger charge is 2.08. The van der Waals surface area contributed by atoms with Crippen molar-refractivity contribution >= 4 is 27.9 Å². The zero-order valence-corrected chi connectivity index (χ0v) is 15.8. The Morgan fingerprint density at radius 1 is 1.31 bits per heavy atom. The van der Waals surface area contributed by atoms with Gasteiger partial charge in [-0.1, -0.05) is 0 Å². The number of hydrazone groups is 1. The summed E-state index contributed by atoms with van der Waals surface area (Å²) in [6.07, 6.45) is 7.54. The first kappa shape index (κ1) is 19.9. The van der Waals surface area contributed by atoms with E-state index in [0.29, 0.717) is 25.8 Å². The second kappa shape index (κ2) is 9.33. The lowest BCUT2D eigenvalue weighted by Crippen LogP contribution is -2.14. The maximum absolute atomic E-state index is 10.6. The second-order valence-electron chi connectivity index (χ2n) is 5.87. The van der Waals surface area contributed by atoms with E-state index >= 15 is 0 Å². The number of rotatable bonds is 8. The minimum Gasteiger partial charge on any atom is -0.748 e. The molecule has 0 amide bonds. The highest BCUT2D eigenvalue weighted by Crippen LogP contribution is 2.18. The molecule has 1 aliphatic heterocycles. The van der Waals surface area contributed by atoms with Crippen molar-refractivity contribution in [3.8, 4) is 5.75 Å². The molecule has 1 aliphatic rings. The Morgan fingerprint density at radius 2 is 2.04 bits per heavy atom. The lowest BCUT2D eigenvalue weighted by molar-refractivity contribution is -0.454. The zero-order chi connectivity index (χ0) is 19.0. The SMILES string of the molecule is COc1ccc(N(C)N=C=C2C=C[N+](CCCCS(=O)(=O)[O-])=CC2)cc1. The summed E-state index contributed by atoms with van der Waals surface area (Å²) < 4.78 is 38.8. The second-order valence-corrected chi connectivity index (χ2v) is 7.39. The number of hydrogen-bond donors (Lipinski definition) is 0. The highest BCUT2D eigenvalue weighted by atomic mass is 32.2. The summed E-state index contributed by atoms with van der Waals surface area (Å²) in [5.41, 5.74) is 1.88. The van der Waals surface area contributed by atoms with Crippen LogP contribution >= 0.6 is 0 Å². The molecule has 26 heavy (non-hydrogen) atoms. The smallest absolute Gasteiger partial charge is 0.169 e. The molecule has 140 valence electrons. The van der Waals surface area contributed by atoms with Crippen molar-refractivity contribution in [1.82, 2.24) is 0 Å². The third kappa shape index (κ3) is 6.84. The fourth-order valence-corrected chi connectivity index (χ4v) is 2.90. The van der Waals surface area contributed by atoms with Crippen molar-refractivity contribution in [2.45, 2.75) is 19.3 Å². The third-order valence-electron chi connectivity index (χ3n) is 3.86. The maximum Gasteiger partial charge on any atom is 0.169 e. The fraction of sp³-hybridized carbons (Fsp3) is 0.389. The van der Waals surface area contributed by atoms with Gasteiger partial charge in [0.2, 0.25) is 0 Å². The molecular formula is C18H23N3O4S. The number of allylic oxidation sites excluding steroid dienone is 2. The van der Waals surface area contributed by atoms with E-state index < -0.39 is 10.1 Å². The van der Waals surface area contributed by atoms with E-state index in [1.807, 2.05) is 54.4 Å². The molecule has 0 saturated carbocycles. The van der Waals surface area contributed by atoms with Crippen LogP contribution in [0.2, 0.25) is 0 Å². The van der Waals surface area contributed by atoms with Gasteiger partial charge in [0, 0.05) is 36.7 Å². The molecule has 1 heterocycles. The van der Waals surface area contributed by atoms with Crippen LogP contribution in [0.15, 0.2) is 47.2 Å². The number of methoxy groups -OCH3 is 1. The molecule has 8 heteroatoms. The predicted octanol–water partition coefficient (Wildman–Crippen LogP) is 1.97. The van der Waals surface area contributed by atoms with E-state index in [1.54, 1.807) is 12.1 Å². The molecule has 0 saturated heterocycles. The summed E-state index contributed by atoms with van der Waals surface area (Å²) in [6.45, 7) is 0.683. The summed E-state index contributed by atoms with van der Waals surface area (Å²) >= 11 is 0. The van der Waals surface area contributed by atoms with Crippen LogP contribution in [0.3, 0.4) is 0 Å². The average Bonchev–Trinajstić information content (AvgIpc) is 2.63. The molecule has 0 aliphatic carbocycles. The van der Waals surface area contributed by atoms with Crippen LogP contribution in [0.1, 0.15) is 19.3 Å². The van der Waals surface area contributed by atoms with Gasteiger partial charge in [-0.05, 0) is 30.7 Å². The van der Waals surface area contributed by atoms with Crippen LogP contribution in [0.25, 0.3) is 0 Å². The Labute approximate surface area is 154 Å². The number of unbranched alkanes of at least 4 members (excludes halogenated alkanes) is 1. The van der Waals surface area contributed by atoms with Crippen LogP contribution in [0.4, 0.5) is 5.69 Å². The first-order valence-electron chi connectivity index (χ1n) is 8.28. The van der Waals surface area contributed by atoms with Gasteiger partial charge in [-0.15, -0.1) is 5.10 Å². The molecule has 0 aromatic heterocycles. The largest absolute Gasteiger partial charge is 0.748 e. The van der Waals surface area contributed by atoms with Gasteiger partial charge in [-0.2, -0.15) is 0 Å². The fourth-order valence-electron chi connectivity index (χ4n) is 2.35. The van der Waals surface area contributed by atoms with Crippen LogP contribution in [0.5, 0.6) is 5.75 Å². The van der Waals surface area contributed by atoms with Gasteiger partial charge in [-0.25, -0.2) is 13.0 Å². The van der Waals surface area contributed by atoms with Crippen LogP contribution < -0.4 is 9.75 Å². The van der Waals surface area contributed by atoms with Gasteiger partial charge in [0.15, 0.2) is 6.20 Å². The van der Waals surface area contributed by atoms with E-state index in [1.165, 1.54) is 0 Å². The van der Waals surface area contributed by atoms with E-state index in [2.05, 4.69) is 11.0 Å². The molecule has 0 N–H and O–H groups in total. The van der Waals surface area contributed by atoms with Gasteiger partial charge < -0.3 is 9.29 Å². The maximum atomic E-state index is 10.6. The molecule has 7 nitrogen and oxygen atoms in total. The Bertz CT molecular complexity index is 836. The van der Waals surface area contributed by atoms with Gasteiger partial charge >= 0.3 is 0 Å². The minimum absolute atomic E-state index is 0.305. The Hall–Kier alpha value is -2.41. The lowest BCUT2D eigenvalue weighted by Gasteiger charge is -2.11. The van der Waals surface area contributed by atoms with E-state index in [9.17, 15) is 13.0 Å². The standard InChI is InChI=1S/C18H23N3O4S/c1-20(17-5-7-18(25-2)8-6-17)19-15-16-9-12-21(13-10-16)11-3-4-14-26(22,23)24/h5-9,12-13H,3-4,10-11,14H2,1-2H3. The van der Waals surface area contributed by atoms with Gasteiger partial charge in [0.25, 0.3) is 0 Å². The van der Waals surface area contributed by atoms with E-state index in [-0.39, 0.29) is 5.75 Å².